The summed E-state index contributed by atoms with van der Waals surface area (Å²) in [6.07, 6.45) is 4.49. The Kier molecular flexibility index (Phi) is 9.74. The fourth-order valence-corrected chi connectivity index (χ4v) is 5.91. The standard InChI is InChI=1S/C32H40Cl2N6O2/c1-19-7-10-21(11-8-19)37-30(41)23-15-25-27(17-26(23)39(5)14-13-35)40(6)28(38-25)16-22-24(33)12-9-20(29(22)34)18-36-31(42)32(2,3)4/h9,12,15,17,19,21H,7-8,10-11,14,16,18H2,1-6H3,(H,36,42)(H,37,41). The molecule has 0 atom stereocenters. The van der Waals surface area contributed by atoms with Crippen molar-refractivity contribution in [2.75, 3.05) is 18.5 Å². The fraction of sp³-hybridized carbons (Fsp3) is 0.500. The van der Waals surface area contributed by atoms with Gasteiger partial charge >= 0.3 is 0 Å². The molecule has 3 aromatic rings. The van der Waals surface area contributed by atoms with Gasteiger partial charge in [-0.2, -0.15) is 5.26 Å². The van der Waals surface area contributed by atoms with Gasteiger partial charge in [-0.25, -0.2) is 4.98 Å². The number of anilines is 1. The highest BCUT2D eigenvalue weighted by atomic mass is 35.5. The molecule has 224 valence electrons. The van der Waals surface area contributed by atoms with Crippen LogP contribution in [0.25, 0.3) is 11.0 Å². The molecule has 0 unspecified atom stereocenters. The Morgan fingerprint density at radius 1 is 1.17 bits per heavy atom. The Balaban J connectivity index is 1.67. The highest BCUT2D eigenvalue weighted by molar-refractivity contribution is 6.36. The second-order valence-corrected chi connectivity index (χ2v) is 13.3. The summed E-state index contributed by atoms with van der Waals surface area (Å²) in [5.74, 6) is 1.18. The van der Waals surface area contributed by atoms with Gasteiger partial charge in [0, 0.05) is 43.5 Å². The van der Waals surface area contributed by atoms with Crippen molar-refractivity contribution in [3.63, 3.8) is 0 Å². The third kappa shape index (κ3) is 7.02. The molecule has 0 spiro atoms. The number of aryl methyl sites for hydroxylation is 1. The molecule has 1 aliphatic carbocycles. The third-order valence-electron chi connectivity index (χ3n) is 8.13. The van der Waals surface area contributed by atoms with Crippen LogP contribution in [0.15, 0.2) is 24.3 Å². The van der Waals surface area contributed by atoms with E-state index in [0.29, 0.717) is 44.7 Å². The highest BCUT2D eigenvalue weighted by Gasteiger charge is 2.25. The molecule has 2 amide bonds. The molecule has 1 aromatic heterocycles. The number of hydrogen-bond donors (Lipinski definition) is 2. The summed E-state index contributed by atoms with van der Waals surface area (Å²) in [4.78, 5) is 32.6. The van der Waals surface area contributed by atoms with E-state index in [2.05, 4.69) is 23.6 Å². The van der Waals surface area contributed by atoms with E-state index >= 15 is 0 Å². The van der Waals surface area contributed by atoms with E-state index in [1.807, 2.05) is 57.6 Å². The molecular weight excluding hydrogens is 571 g/mol. The number of nitriles is 1. The molecule has 1 heterocycles. The Morgan fingerprint density at radius 2 is 1.86 bits per heavy atom. The number of imidazole rings is 1. The molecule has 10 heteroatoms. The molecule has 1 aliphatic rings. The molecule has 4 rings (SSSR count). The predicted octanol–water partition coefficient (Wildman–Crippen LogP) is 6.40. The van der Waals surface area contributed by atoms with Crippen molar-refractivity contribution < 1.29 is 9.59 Å². The zero-order chi connectivity index (χ0) is 30.8. The molecule has 1 saturated carbocycles. The average molecular weight is 612 g/mol. The first-order valence-corrected chi connectivity index (χ1v) is 15.2. The van der Waals surface area contributed by atoms with Crippen LogP contribution in [0.3, 0.4) is 0 Å². The van der Waals surface area contributed by atoms with Gasteiger partial charge in [-0.3, -0.25) is 9.59 Å². The second kappa shape index (κ2) is 12.9. The van der Waals surface area contributed by atoms with Gasteiger partial charge < -0.3 is 20.1 Å². The van der Waals surface area contributed by atoms with Crippen molar-refractivity contribution in [3.8, 4) is 6.07 Å². The minimum absolute atomic E-state index is 0.0690. The topological polar surface area (TPSA) is 103 Å². The van der Waals surface area contributed by atoms with Crippen LogP contribution in [0.2, 0.25) is 10.0 Å². The van der Waals surface area contributed by atoms with E-state index in [0.717, 1.165) is 42.6 Å². The number of hydrogen-bond acceptors (Lipinski definition) is 5. The van der Waals surface area contributed by atoms with Gasteiger partial charge in [0.15, 0.2) is 0 Å². The number of benzene rings is 2. The van der Waals surface area contributed by atoms with Crippen LogP contribution in [0.4, 0.5) is 5.69 Å². The first-order valence-electron chi connectivity index (χ1n) is 14.4. The molecule has 1 fully saturated rings. The Morgan fingerprint density at radius 3 is 2.50 bits per heavy atom. The van der Waals surface area contributed by atoms with Crippen LogP contribution in [-0.4, -0.2) is 41.0 Å². The third-order valence-corrected chi connectivity index (χ3v) is 8.95. The van der Waals surface area contributed by atoms with Gasteiger partial charge in [0.05, 0.1) is 33.4 Å². The number of carbonyl (C=O) groups excluding carboxylic acids is 2. The quantitative estimate of drug-likeness (QED) is 0.287. The molecule has 0 saturated heterocycles. The molecule has 8 nitrogen and oxygen atoms in total. The Hall–Kier alpha value is -3.28. The van der Waals surface area contributed by atoms with Gasteiger partial charge in [0.25, 0.3) is 5.91 Å². The predicted molar refractivity (Wildman–Crippen MR) is 169 cm³/mol. The number of nitrogens with zero attached hydrogens (tertiary/aromatic N) is 4. The number of aromatic nitrogens is 2. The van der Waals surface area contributed by atoms with Crippen LogP contribution < -0.4 is 15.5 Å². The summed E-state index contributed by atoms with van der Waals surface area (Å²) < 4.78 is 1.96. The monoisotopic (exact) mass is 610 g/mol. The minimum atomic E-state index is -0.514. The van der Waals surface area contributed by atoms with Gasteiger partial charge in [0.2, 0.25) is 5.91 Å². The second-order valence-electron chi connectivity index (χ2n) is 12.5. The summed E-state index contributed by atoms with van der Waals surface area (Å²) in [5.41, 5.74) is 3.64. The number of fused-ring (bicyclic) bond motifs is 1. The molecule has 42 heavy (non-hydrogen) atoms. The maximum absolute atomic E-state index is 13.5. The van der Waals surface area contributed by atoms with Crippen molar-refractivity contribution in [2.45, 2.75) is 72.4 Å². The highest BCUT2D eigenvalue weighted by Crippen LogP contribution is 2.33. The summed E-state index contributed by atoms with van der Waals surface area (Å²) in [6, 6.07) is 9.65. The molecule has 0 aliphatic heterocycles. The van der Waals surface area contributed by atoms with Crippen LogP contribution >= 0.6 is 23.2 Å². The maximum Gasteiger partial charge on any atom is 0.253 e. The van der Waals surface area contributed by atoms with Crippen molar-refractivity contribution >= 4 is 51.7 Å². The fourth-order valence-electron chi connectivity index (χ4n) is 5.34. The van der Waals surface area contributed by atoms with Gasteiger partial charge in [-0.1, -0.05) is 57.0 Å². The first kappa shape index (κ1) is 31.7. The number of amides is 2. The van der Waals surface area contributed by atoms with E-state index in [4.69, 9.17) is 28.2 Å². The van der Waals surface area contributed by atoms with Gasteiger partial charge in [-0.15, -0.1) is 0 Å². The summed E-state index contributed by atoms with van der Waals surface area (Å²) >= 11 is 13.4. The lowest BCUT2D eigenvalue weighted by Gasteiger charge is -2.27. The smallest absolute Gasteiger partial charge is 0.253 e. The Bertz CT molecular complexity index is 1530. The lowest BCUT2D eigenvalue weighted by molar-refractivity contribution is -0.128. The van der Waals surface area contributed by atoms with Crippen LogP contribution in [0.1, 0.15) is 80.7 Å². The van der Waals surface area contributed by atoms with Crippen molar-refractivity contribution in [3.05, 3.63) is 56.8 Å². The molecular formula is C32H40Cl2N6O2. The first-order chi connectivity index (χ1) is 19.8. The van der Waals surface area contributed by atoms with E-state index < -0.39 is 5.41 Å². The Labute approximate surface area is 258 Å². The van der Waals surface area contributed by atoms with E-state index in [1.54, 1.807) is 11.0 Å². The van der Waals surface area contributed by atoms with Gasteiger partial charge in [0.1, 0.15) is 12.4 Å². The van der Waals surface area contributed by atoms with Crippen LogP contribution in [-0.2, 0) is 24.8 Å². The summed E-state index contributed by atoms with van der Waals surface area (Å²) in [7, 11) is 3.72. The molecule has 0 bridgehead atoms. The van der Waals surface area contributed by atoms with Crippen LogP contribution in [0.5, 0.6) is 0 Å². The lowest BCUT2D eigenvalue weighted by atomic mass is 9.87. The number of carbonyl (C=O) groups is 2. The summed E-state index contributed by atoms with van der Waals surface area (Å²) in [6.45, 7) is 8.25. The van der Waals surface area contributed by atoms with Crippen molar-refractivity contribution in [1.29, 1.82) is 5.26 Å². The van der Waals surface area contributed by atoms with Crippen molar-refractivity contribution in [2.24, 2.45) is 18.4 Å². The average Bonchev–Trinajstić information content (AvgIpc) is 3.24. The van der Waals surface area contributed by atoms with Crippen molar-refractivity contribution in [1.82, 2.24) is 20.2 Å². The molecule has 0 radical (unpaired) electrons. The zero-order valence-electron chi connectivity index (χ0n) is 25.3. The summed E-state index contributed by atoms with van der Waals surface area (Å²) in [5, 5.41) is 16.5. The SMILES string of the molecule is CC1CCC(NC(=O)c2cc3nc(Cc4c(Cl)ccc(CNC(=O)C(C)(C)C)c4Cl)n(C)c3cc2N(C)CC#N)CC1. The minimum Gasteiger partial charge on any atom is -0.361 e. The number of rotatable bonds is 8. The number of nitrogens with one attached hydrogen (secondary N) is 2. The van der Waals surface area contributed by atoms with Gasteiger partial charge in [-0.05, 0) is 60.9 Å². The van der Waals surface area contributed by atoms with Crippen LogP contribution in [0, 0.1) is 22.7 Å². The lowest BCUT2D eigenvalue weighted by Crippen LogP contribution is -2.38. The van der Waals surface area contributed by atoms with E-state index in [1.165, 1.54) is 0 Å². The molecule has 2 N–H and O–H groups in total. The number of halogens is 2. The van der Waals surface area contributed by atoms with E-state index in [9.17, 15) is 14.9 Å². The largest absolute Gasteiger partial charge is 0.361 e. The maximum atomic E-state index is 13.5. The van der Waals surface area contributed by atoms with E-state index in [-0.39, 0.29) is 30.9 Å². The normalized spacial score (nSPS) is 17.1. The zero-order valence-corrected chi connectivity index (χ0v) is 26.8. The molecule has 2 aromatic carbocycles.